The third-order valence-corrected chi connectivity index (χ3v) is 4.65. The van der Waals surface area contributed by atoms with Crippen LogP contribution in [0.1, 0.15) is 38.5 Å². The topological polar surface area (TPSA) is 73.5 Å². The van der Waals surface area contributed by atoms with Crippen molar-refractivity contribution in [3.05, 3.63) is 0 Å². The monoisotopic (exact) mass is 294 g/mol. The Morgan fingerprint density at radius 1 is 1.14 bits per heavy atom. The number of urea groups is 1. The van der Waals surface area contributed by atoms with Gasteiger partial charge in [-0.2, -0.15) is 0 Å². The summed E-state index contributed by atoms with van der Waals surface area (Å²) >= 11 is 0. The van der Waals surface area contributed by atoms with E-state index in [-0.39, 0.29) is 18.0 Å². The van der Waals surface area contributed by atoms with Crippen molar-refractivity contribution in [3.8, 4) is 0 Å². The highest BCUT2D eigenvalue weighted by molar-refractivity contribution is 5.82. The number of piperidine rings is 1. The molecular weight excluding hydrogens is 268 g/mol. The van der Waals surface area contributed by atoms with E-state index in [1.165, 1.54) is 0 Å². The van der Waals surface area contributed by atoms with Crippen LogP contribution in [0.2, 0.25) is 0 Å². The largest absolute Gasteiger partial charge is 0.354 e. The summed E-state index contributed by atoms with van der Waals surface area (Å²) in [6.07, 6.45) is 6.37. The van der Waals surface area contributed by atoms with Crippen LogP contribution < -0.4 is 16.0 Å². The number of amides is 3. The minimum absolute atomic E-state index is 0.0112. The Morgan fingerprint density at radius 3 is 2.71 bits per heavy atom. The van der Waals surface area contributed by atoms with Crippen LogP contribution >= 0.6 is 0 Å². The Hall–Kier alpha value is -1.30. The Kier molecular flexibility index (Phi) is 4.63. The molecule has 2 saturated heterocycles. The lowest BCUT2D eigenvalue weighted by Gasteiger charge is -2.33. The van der Waals surface area contributed by atoms with Crippen LogP contribution in [0.4, 0.5) is 4.79 Å². The van der Waals surface area contributed by atoms with Crippen molar-refractivity contribution in [1.82, 2.24) is 20.9 Å². The van der Waals surface area contributed by atoms with Gasteiger partial charge in [-0.15, -0.1) is 0 Å². The van der Waals surface area contributed by atoms with Gasteiger partial charge in [-0.3, -0.25) is 4.79 Å². The number of nitrogens with zero attached hydrogens (tertiary/aromatic N) is 1. The number of likely N-dealkylation sites (tertiary alicyclic amines) is 1. The summed E-state index contributed by atoms with van der Waals surface area (Å²) in [6.45, 7) is 3.23. The maximum atomic E-state index is 12.1. The van der Waals surface area contributed by atoms with Crippen LogP contribution in [0, 0.1) is 5.92 Å². The molecule has 118 valence electrons. The molecule has 1 saturated carbocycles. The lowest BCUT2D eigenvalue weighted by Crippen LogP contribution is -2.49. The van der Waals surface area contributed by atoms with Crippen molar-refractivity contribution in [2.45, 2.75) is 50.6 Å². The summed E-state index contributed by atoms with van der Waals surface area (Å²) in [6, 6.07) is 0.472. The summed E-state index contributed by atoms with van der Waals surface area (Å²) < 4.78 is 0. The van der Waals surface area contributed by atoms with Crippen LogP contribution in [0.3, 0.4) is 0 Å². The molecule has 2 unspecified atom stereocenters. The molecule has 2 atom stereocenters. The lowest BCUT2D eigenvalue weighted by atomic mass is 9.98. The second-order valence-electron chi connectivity index (χ2n) is 6.57. The fraction of sp³-hybridized carbons (Fsp3) is 0.867. The van der Waals surface area contributed by atoms with Gasteiger partial charge in [-0.05, 0) is 51.0 Å². The number of rotatable bonds is 4. The van der Waals surface area contributed by atoms with Gasteiger partial charge in [0.05, 0.1) is 6.04 Å². The summed E-state index contributed by atoms with van der Waals surface area (Å²) in [5, 5.41) is 9.30. The van der Waals surface area contributed by atoms with Gasteiger partial charge >= 0.3 is 6.03 Å². The third kappa shape index (κ3) is 4.09. The standard InChI is InChI=1S/C15H26N4O2/c20-14(13-4-1-7-16-13)17-9-11-3-2-8-19(10-11)15(21)18-12-5-6-12/h11-13,16H,1-10H2,(H,17,20)(H,18,21). The molecule has 3 rings (SSSR count). The highest BCUT2D eigenvalue weighted by Gasteiger charge is 2.29. The first kappa shape index (κ1) is 14.6. The van der Waals surface area contributed by atoms with E-state index in [4.69, 9.17) is 0 Å². The first-order chi connectivity index (χ1) is 10.2. The van der Waals surface area contributed by atoms with Crippen LogP contribution in [0.25, 0.3) is 0 Å². The molecule has 0 aromatic rings. The first-order valence-electron chi connectivity index (χ1n) is 8.29. The molecule has 0 aromatic heterocycles. The Bertz CT molecular complexity index is 391. The zero-order chi connectivity index (χ0) is 14.7. The molecule has 2 heterocycles. The average Bonchev–Trinajstić information content (AvgIpc) is 3.14. The highest BCUT2D eigenvalue weighted by Crippen LogP contribution is 2.21. The van der Waals surface area contributed by atoms with Gasteiger partial charge in [-0.1, -0.05) is 0 Å². The van der Waals surface area contributed by atoms with E-state index in [2.05, 4.69) is 16.0 Å². The Morgan fingerprint density at radius 2 is 2.00 bits per heavy atom. The molecule has 0 bridgehead atoms. The molecule has 0 spiro atoms. The summed E-state index contributed by atoms with van der Waals surface area (Å²) in [7, 11) is 0. The molecule has 6 heteroatoms. The van der Waals surface area contributed by atoms with E-state index in [9.17, 15) is 9.59 Å². The van der Waals surface area contributed by atoms with Crippen molar-refractivity contribution in [1.29, 1.82) is 0 Å². The predicted molar refractivity (Wildman–Crippen MR) is 79.9 cm³/mol. The SMILES string of the molecule is O=C(NCC1CCCN(C(=O)NC2CC2)C1)C1CCCN1. The van der Waals surface area contributed by atoms with E-state index in [0.29, 0.717) is 18.5 Å². The van der Waals surface area contributed by atoms with Crippen molar-refractivity contribution in [3.63, 3.8) is 0 Å². The van der Waals surface area contributed by atoms with Gasteiger partial charge in [0.1, 0.15) is 0 Å². The molecule has 0 radical (unpaired) electrons. The second-order valence-corrected chi connectivity index (χ2v) is 6.57. The third-order valence-electron chi connectivity index (χ3n) is 4.65. The summed E-state index contributed by atoms with van der Waals surface area (Å²) in [5.74, 6) is 0.501. The fourth-order valence-corrected chi connectivity index (χ4v) is 3.19. The number of nitrogens with one attached hydrogen (secondary N) is 3. The highest BCUT2D eigenvalue weighted by atomic mass is 16.2. The molecule has 0 aromatic carbocycles. The number of hydrogen-bond donors (Lipinski definition) is 3. The normalized spacial score (nSPS) is 29.2. The number of carbonyl (C=O) groups is 2. The lowest BCUT2D eigenvalue weighted by molar-refractivity contribution is -0.123. The van der Waals surface area contributed by atoms with E-state index < -0.39 is 0 Å². The number of carbonyl (C=O) groups excluding carboxylic acids is 2. The van der Waals surface area contributed by atoms with Crippen molar-refractivity contribution in [2.24, 2.45) is 5.92 Å². The molecule has 21 heavy (non-hydrogen) atoms. The zero-order valence-corrected chi connectivity index (χ0v) is 12.6. The molecule has 3 amide bonds. The molecule has 3 fully saturated rings. The van der Waals surface area contributed by atoms with Gasteiger partial charge in [-0.25, -0.2) is 4.79 Å². The quantitative estimate of drug-likeness (QED) is 0.704. The molecule has 3 aliphatic rings. The Balaban J connectivity index is 1.40. The first-order valence-corrected chi connectivity index (χ1v) is 8.29. The van der Waals surface area contributed by atoms with Crippen LogP contribution in [0.15, 0.2) is 0 Å². The molecule has 6 nitrogen and oxygen atoms in total. The zero-order valence-electron chi connectivity index (χ0n) is 12.6. The van der Waals surface area contributed by atoms with Crippen LogP contribution in [0.5, 0.6) is 0 Å². The van der Waals surface area contributed by atoms with Crippen LogP contribution in [-0.4, -0.2) is 55.1 Å². The fourth-order valence-electron chi connectivity index (χ4n) is 3.19. The van der Waals surface area contributed by atoms with E-state index in [1.807, 2.05) is 4.90 Å². The minimum Gasteiger partial charge on any atom is -0.354 e. The Labute approximate surface area is 126 Å². The van der Waals surface area contributed by atoms with E-state index in [1.54, 1.807) is 0 Å². The van der Waals surface area contributed by atoms with Crippen molar-refractivity contribution >= 4 is 11.9 Å². The second kappa shape index (κ2) is 6.64. The van der Waals surface area contributed by atoms with Gasteiger partial charge in [0.25, 0.3) is 0 Å². The maximum absolute atomic E-state index is 12.1. The van der Waals surface area contributed by atoms with Gasteiger partial charge in [0.2, 0.25) is 5.91 Å². The van der Waals surface area contributed by atoms with Gasteiger partial charge in [0.15, 0.2) is 0 Å². The maximum Gasteiger partial charge on any atom is 0.317 e. The predicted octanol–water partition coefficient (Wildman–Crippen LogP) is 0.439. The van der Waals surface area contributed by atoms with E-state index >= 15 is 0 Å². The molecule has 2 aliphatic heterocycles. The summed E-state index contributed by atoms with van der Waals surface area (Å²) in [5.41, 5.74) is 0. The molecular formula is C15H26N4O2. The molecule has 3 N–H and O–H groups in total. The van der Waals surface area contributed by atoms with Crippen LogP contribution in [-0.2, 0) is 4.79 Å². The molecule has 1 aliphatic carbocycles. The van der Waals surface area contributed by atoms with E-state index in [0.717, 1.165) is 58.2 Å². The minimum atomic E-state index is -0.0112. The number of hydrogen-bond acceptors (Lipinski definition) is 3. The smallest absolute Gasteiger partial charge is 0.317 e. The van der Waals surface area contributed by atoms with Crippen molar-refractivity contribution in [2.75, 3.05) is 26.2 Å². The van der Waals surface area contributed by atoms with Gasteiger partial charge < -0.3 is 20.9 Å². The van der Waals surface area contributed by atoms with Crippen molar-refractivity contribution < 1.29 is 9.59 Å². The average molecular weight is 294 g/mol. The summed E-state index contributed by atoms with van der Waals surface area (Å²) in [4.78, 5) is 26.0. The van der Waals surface area contributed by atoms with Gasteiger partial charge in [0, 0.05) is 25.7 Å².